The average Bonchev–Trinajstić information content (AvgIpc) is 1.67. The molecule has 0 fully saturated rings. The number of benzene rings is 4. The normalized spacial score (nSPS) is 14.3. The third kappa shape index (κ3) is 31.1. The van der Waals surface area contributed by atoms with Gasteiger partial charge in [-0.05, 0) is 104 Å². The molecule has 0 radical (unpaired) electrons. The van der Waals surface area contributed by atoms with Crippen molar-refractivity contribution in [2.45, 2.75) is 151 Å². The van der Waals surface area contributed by atoms with Gasteiger partial charge in [0.1, 0.15) is 48.5 Å². The van der Waals surface area contributed by atoms with Gasteiger partial charge in [-0.2, -0.15) is 19.9 Å². The first-order valence-corrected chi connectivity index (χ1v) is 49.6. The number of sulfone groups is 1. The molecule has 52 heteroatoms. The van der Waals surface area contributed by atoms with Gasteiger partial charge in [0.15, 0.2) is 60.2 Å². The number of carbonyl (C=O) groups is 4. The van der Waals surface area contributed by atoms with E-state index >= 15 is 0 Å². The summed E-state index contributed by atoms with van der Waals surface area (Å²) in [4.78, 5) is 140. The second kappa shape index (κ2) is 47.4. The fraction of sp³-hybridized carbons (Fsp3) is 0.388. The molecule has 0 amide bonds. The van der Waals surface area contributed by atoms with Crippen molar-refractivity contribution in [3.63, 3.8) is 0 Å². The van der Waals surface area contributed by atoms with E-state index in [1.165, 1.54) is 65.1 Å². The summed E-state index contributed by atoms with van der Waals surface area (Å²) in [5.74, 6) is -0.854. The summed E-state index contributed by atoms with van der Waals surface area (Å²) in [6.45, 7) is 24.6. The average molecular weight is 1920 g/mol. The molecule has 4 unspecified atom stereocenters. The number of nitrogen functional groups attached to an aromatic ring is 4. The molecule has 8 atom stereocenters. The summed E-state index contributed by atoms with van der Waals surface area (Å²) in [5.41, 5.74) is 28.2. The first-order valence-electron chi connectivity index (χ1n) is 40.5. The van der Waals surface area contributed by atoms with Gasteiger partial charge in [0, 0.05) is 32.4 Å². The standard InChI is InChI=1S/C20H24N7O5P.C20H27N6O7PS.2C20H27N6O5P/c1-13(14(2)28)26-33(30,32-10-15-4-6-16(22-3)7-5-15)12-31-9-8-27-11-23-17-18(27)24-20(21)25-19(17)29;1-13(14(2)27)25-34(29,33-10-15-4-6-16(7-5-15)35(3,30)31)12-32-9-8-26-11-22-17-18(26)23-20(21)24-19(17)28;2*1-13-4-6-16(7-5-13)10-31-32(29,25-14(2)15(3)27)12-30-9-8-26-11-22-17-18(26)23-20(21)24-19(17)28/h4-7,11,13H,8-10,12H2,1-2H3,(H,26,30)(H3,21,24,25,29);4-7,11,13H,8-10,12H2,1-3H3,(H,25,29)(H3,21,23,24,28);2*4-7,11,14H,8-10,12H2,1-3H3,(H,25,29)(H3,21,23,24,28)/t13-,33?;13-,34?;2*14-,32?/m0000/s1. The van der Waals surface area contributed by atoms with Crippen LogP contribution in [0.1, 0.15) is 88.8 Å². The minimum absolute atomic E-state index is 0.00861. The van der Waals surface area contributed by atoms with E-state index in [9.17, 15) is 65.0 Å². The number of nitrogens with two attached hydrogens (primary N) is 4. The van der Waals surface area contributed by atoms with Gasteiger partial charge in [-0.25, -0.2) is 53.5 Å². The number of carbonyl (C=O) groups excluding carboxylic acids is 4. The second-order valence-electron chi connectivity index (χ2n) is 30.2. The maximum absolute atomic E-state index is 13.4. The van der Waals surface area contributed by atoms with Gasteiger partial charge in [0.2, 0.25) is 23.8 Å². The SMILES string of the molecule is CC(=O)[C@H](C)NP(=O)(COCCn1cnc2c(=O)[nH]c(N)nc21)OCc1ccc(C)cc1.CC(=O)[C@H](C)NP(=O)(COCCn1cnc2c(=O)[nH]c(N)nc21)OCc1ccc(C)cc1.CC(=O)[C@H](C)NP(=O)(COCCn1cnc2c(=O)[nH]c(N)nc21)OCc1ccc(S(C)(=O)=O)cc1.[C-]#[N+]c1ccc(COP(=O)(COCCn2cnc3c(=O)[nH]c(N)nc32)N[C@@H](C)C(C)=O)cc1. The molecule has 0 saturated carbocycles. The van der Waals surface area contributed by atoms with E-state index in [2.05, 4.69) is 85.0 Å². The van der Waals surface area contributed by atoms with Crippen LogP contribution in [0.2, 0.25) is 0 Å². The fourth-order valence-electron chi connectivity index (χ4n) is 11.5. The smallest absolute Gasteiger partial charge is 0.295 e. The van der Waals surface area contributed by atoms with E-state index < -0.39 is 86.3 Å². The van der Waals surface area contributed by atoms with Gasteiger partial charge in [0.25, 0.3) is 52.3 Å². The maximum atomic E-state index is 13.4. The Kier molecular flexibility index (Phi) is 37.3. The fourth-order valence-corrected chi connectivity index (χ4v) is 19.0. The van der Waals surface area contributed by atoms with E-state index in [1.54, 1.807) is 82.4 Å². The van der Waals surface area contributed by atoms with E-state index in [1.807, 2.05) is 62.4 Å². The molecule has 8 aromatic heterocycles. The molecule has 12 rings (SSSR count). The zero-order chi connectivity index (χ0) is 96.4. The number of nitrogens with one attached hydrogen (secondary N) is 8. The molecule has 12 aromatic rings. The van der Waals surface area contributed by atoms with Crippen LogP contribution in [0, 0.1) is 20.4 Å². The molecular formula is C80H105N25O22P4S. The number of aromatic nitrogens is 16. The Bertz CT molecular complexity index is 6470. The van der Waals surface area contributed by atoms with Crippen LogP contribution >= 0.6 is 30.1 Å². The van der Waals surface area contributed by atoms with Crippen molar-refractivity contribution in [1.29, 1.82) is 0 Å². The predicted molar refractivity (Wildman–Crippen MR) is 491 cm³/mol. The van der Waals surface area contributed by atoms with Crippen molar-refractivity contribution in [3.05, 3.63) is 209 Å². The number of aryl methyl sites for hydroxylation is 2. The Morgan fingerprint density at radius 3 is 0.833 bits per heavy atom. The van der Waals surface area contributed by atoms with Gasteiger partial charge in [0.05, 0.1) is 114 Å². The number of hydrogen-bond donors (Lipinski definition) is 12. The van der Waals surface area contributed by atoms with E-state index in [4.69, 9.17) is 66.5 Å². The van der Waals surface area contributed by atoms with Gasteiger partial charge < -0.3 is 78.2 Å². The Hall–Kier alpha value is -12.0. The highest BCUT2D eigenvalue weighted by molar-refractivity contribution is 7.90. The van der Waals surface area contributed by atoms with Crippen LogP contribution in [0.4, 0.5) is 29.5 Å². The van der Waals surface area contributed by atoms with Crippen LogP contribution in [0.25, 0.3) is 49.5 Å². The summed E-state index contributed by atoms with van der Waals surface area (Å²) in [6, 6.07) is 25.2. The largest absolute Gasteiger partial charge is 0.369 e. The van der Waals surface area contributed by atoms with Crippen molar-refractivity contribution in [1.82, 2.24) is 98.4 Å². The lowest BCUT2D eigenvalue weighted by molar-refractivity contribution is -0.119. The molecule has 0 bridgehead atoms. The Balaban J connectivity index is 0.000000198. The summed E-state index contributed by atoms with van der Waals surface area (Å²) in [7, 11) is -17.5. The summed E-state index contributed by atoms with van der Waals surface area (Å²) in [6.07, 6.45) is 5.78. The lowest BCUT2D eigenvalue weighted by Gasteiger charge is -2.22. The minimum Gasteiger partial charge on any atom is -0.369 e. The number of ketones is 4. The first kappa shape index (κ1) is 104. The van der Waals surface area contributed by atoms with Crippen molar-refractivity contribution in [2.75, 3.05) is 81.0 Å². The van der Waals surface area contributed by atoms with Crippen molar-refractivity contribution in [3.8, 4) is 0 Å². The topological polar surface area (TPSA) is 655 Å². The van der Waals surface area contributed by atoms with E-state index in [0.29, 0.717) is 41.3 Å². The molecule has 8 heterocycles. The van der Waals surface area contributed by atoms with E-state index in [0.717, 1.165) is 34.1 Å². The molecule has 0 aliphatic rings. The molecule has 132 heavy (non-hydrogen) atoms. The zero-order valence-corrected chi connectivity index (χ0v) is 78.4. The highest BCUT2D eigenvalue weighted by Gasteiger charge is 2.33. The number of fused-ring (bicyclic) bond motifs is 4. The monoisotopic (exact) mass is 1920 g/mol. The van der Waals surface area contributed by atoms with Crippen LogP contribution in [0.15, 0.2) is 146 Å². The summed E-state index contributed by atoms with van der Waals surface area (Å²) in [5, 5.41) is 11.0. The number of nitrogens with zero attached hydrogens (tertiary/aromatic N) is 13. The number of rotatable bonds is 45. The summed E-state index contributed by atoms with van der Waals surface area (Å²) >= 11 is 0. The Morgan fingerprint density at radius 1 is 0.402 bits per heavy atom. The Morgan fingerprint density at radius 2 is 0.621 bits per heavy atom. The highest BCUT2D eigenvalue weighted by Crippen LogP contribution is 2.47. The number of aromatic amines is 4. The number of hydrogen-bond acceptors (Lipinski definition) is 34. The molecule has 0 saturated heterocycles. The molecule has 0 spiro atoms. The second-order valence-corrected chi connectivity index (χ2v) is 40.7. The number of anilines is 4. The van der Waals surface area contributed by atoms with E-state index in [-0.39, 0.29) is 171 Å². The van der Waals surface area contributed by atoms with Crippen LogP contribution in [0.5, 0.6) is 0 Å². The minimum atomic E-state index is -3.64. The number of H-pyrrole nitrogens is 4. The predicted octanol–water partition coefficient (Wildman–Crippen LogP) is 7.18. The first-order chi connectivity index (χ1) is 62.4. The van der Waals surface area contributed by atoms with Crippen molar-refractivity contribution in [2.24, 2.45) is 0 Å². The van der Waals surface area contributed by atoms with Gasteiger partial charge in [-0.1, -0.05) is 96.1 Å². The van der Waals surface area contributed by atoms with Crippen molar-refractivity contribution >= 4 is 137 Å². The Labute approximate surface area is 755 Å². The zero-order valence-electron chi connectivity index (χ0n) is 74.0. The molecule has 708 valence electrons. The summed E-state index contributed by atoms with van der Waals surface area (Å²) < 4.78 is 128. The van der Waals surface area contributed by atoms with Gasteiger partial charge >= 0.3 is 0 Å². The number of Topliss-reactive ketones (excluding diaryl/α,β-unsaturated/α-hetero) is 4. The lowest BCUT2D eigenvalue weighted by atomic mass is 10.2. The maximum Gasteiger partial charge on any atom is 0.295 e. The molecule has 0 aliphatic carbocycles. The number of ether oxygens (including phenoxy) is 4. The number of imidazole rings is 4. The molecule has 0 aliphatic heterocycles. The molecule has 4 aromatic carbocycles. The van der Waals surface area contributed by atoms with Gasteiger partial charge in [-0.3, -0.25) is 76.6 Å². The van der Waals surface area contributed by atoms with Crippen LogP contribution in [-0.4, -0.2) is 192 Å². The third-order valence-electron chi connectivity index (χ3n) is 19.3. The lowest BCUT2D eigenvalue weighted by Crippen LogP contribution is -2.32. The molecular weight excluding hydrogens is 1820 g/mol. The van der Waals surface area contributed by atoms with Gasteiger partial charge in [-0.15, -0.1) is 0 Å². The highest BCUT2D eigenvalue weighted by atomic mass is 32.2. The molecule has 47 nitrogen and oxygen atoms in total. The third-order valence-corrected chi connectivity index (χ3v) is 27.9. The quantitative estimate of drug-likeness (QED) is 0.0102. The van der Waals surface area contributed by atoms with Crippen LogP contribution in [-0.2, 0) is 137 Å². The van der Waals surface area contributed by atoms with Crippen molar-refractivity contribution < 1.29 is 82.9 Å². The van der Waals surface area contributed by atoms with Crippen LogP contribution in [0.3, 0.4) is 0 Å². The van der Waals surface area contributed by atoms with Crippen LogP contribution < -0.4 is 65.5 Å². The molecule has 16 N–H and O–H groups in total.